The molecule has 3 rings (SSSR count). The molecule has 0 aliphatic carbocycles. The molecule has 5 nitrogen and oxygen atoms in total. The van der Waals surface area contributed by atoms with E-state index in [1.165, 1.54) is 18.1 Å². The van der Waals surface area contributed by atoms with Crippen molar-refractivity contribution in [1.29, 1.82) is 0 Å². The largest absolute Gasteiger partial charge is 0.334 e. The average Bonchev–Trinajstić information content (AvgIpc) is 2.70. The minimum atomic E-state index is -1.61. The number of carbonyl (C=O) groups excluding carboxylic acids is 1. The third-order valence-corrected chi connectivity index (χ3v) is 4.81. The van der Waals surface area contributed by atoms with Gasteiger partial charge in [0.2, 0.25) is 0 Å². The van der Waals surface area contributed by atoms with Gasteiger partial charge in [0.05, 0.1) is 11.4 Å². The van der Waals surface area contributed by atoms with Crippen molar-refractivity contribution in [2.75, 3.05) is 7.05 Å². The lowest BCUT2D eigenvalue weighted by Gasteiger charge is -2.26. The molecule has 3 aromatic rings. The number of benzene rings is 2. The number of nitrogens with one attached hydrogen (secondary N) is 2. The lowest BCUT2D eigenvalue weighted by Crippen LogP contribution is -2.38. The highest BCUT2D eigenvalue weighted by atomic mass is 19.2. The molecule has 0 aliphatic heterocycles. The third kappa shape index (κ3) is 3.98. The number of H-pyrrole nitrogens is 1. The van der Waals surface area contributed by atoms with Crippen LogP contribution in [0.1, 0.15) is 24.1 Å². The van der Waals surface area contributed by atoms with E-state index in [0.29, 0.717) is 5.56 Å². The van der Waals surface area contributed by atoms with E-state index in [-0.39, 0.29) is 22.9 Å². The molecule has 30 heavy (non-hydrogen) atoms. The van der Waals surface area contributed by atoms with Gasteiger partial charge in [0.15, 0.2) is 29.1 Å². The van der Waals surface area contributed by atoms with Gasteiger partial charge in [-0.15, -0.1) is 0 Å². The highest BCUT2D eigenvalue weighted by Gasteiger charge is 2.21. The van der Waals surface area contributed by atoms with Crippen molar-refractivity contribution in [2.24, 2.45) is 0 Å². The van der Waals surface area contributed by atoms with Gasteiger partial charge in [0.25, 0.3) is 5.56 Å². The van der Waals surface area contributed by atoms with Crippen LogP contribution in [0.4, 0.5) is 26.7 Å². The van der Waals surface area contributed by atoms with E-state index in [2.05, 4.69) is 10.3 Å². The molecule has 0 bridgehead atoms. The standard InChI is InChI=1S/C20H16F5N3O2/c1-9(13-8-26-19(29)12-6-15(22)14(21)5-11(12)13)28(2)20(30)27-7-10-3-16(23)18(25)17(24)4-10/h3-6,8-9H,7H2,1-2H3,(H,26,29)(H,27,30)/t9-/m1/s1. The lowest BCUT2D eigenvalue weighted by molar-refractivity contribution is 0.194. The number of halogens is 5. The Morgan fingerprint density at radius 1 is 1.00 bits per heavy atom. The summed E-state index contributed by atoms with van der Waals surface area (Å²) in [6.07, 6.45) is 1.29. The number of aromatic nitrogens is 1. The summed E-state index contributed by atoms with van der Waals surface area (Å²) in [4.78, 5) is 28.0. The van der Waals surface area contributed by atoms with Crippen LogP contribution in [0.3, 0.4) is 0 Å². The van der Waals surface area contributed by atoms with Crippen molar-refractivity contribution in [1.82, 2.24) is 15.2 Å². The number of fused-ring (bicyclic) bond motifs is 1. The number of amides is 2. The van der Waals surface area contributed by atoms with Crippen molar-refractivity contribution >= 4 is 16.8 Å². The van der Waals surface area contributed by atoms with Crippen LogP contribution in [0.25, 0.3) is 10.8 Å². The van der Waals surface area contributed by atoms with E-state index in [4.69, 9.17) is 0 Å². The second-order valence-corrected chi connectivity index (χ2v) is 6.70. The Kier molecular flexibility index (Phi) is 5.77. The molecule has 2 N–H and O–H groups in total. The van der Waals surface area contributed by atoms with Crippen molar-refractivity contribution in [3.63, 3.8) is 0 Å². The maximum atomic E-state index is 13.7. The summed E-state index contributed by atoms with van der Waals surface area (Å²) in [6.45, 7) is 1.31. The Hall–Kier alpha value is -3.43. The fraction of sp³-hybridized carbons (Fsp3) is 0.200. The van der Waals surface area contributed by atoms with E-state index in [1.54, 1.807) is 6.92 Å². The van der Waals surface area contributed by atoms with Crippen LogP contribution in [-0.4, -0.2) is 23.0 Å². The van der Waals surface area contributed by atoms with Gasteiger partial charge in [-0.3, -0.25) is 4.79 Å². The van der Waals surface area contributed by atoms with E-state index >= 15 is 0 Å². The highest BCUT2D eigenvalue weighted by Crippen LogP contribution is 2.27. The van der Waals surface area contributed by atoms with Gasteiger partial charge in [0, 0.05) is 19.8 Å². The Balaban J connectivity index is 1.82. The Labute approximate surface area is 167 Å². The van der Waals surface area contributed by atoms with E-state index in [9.17, 15) is 31.5 Å². The summed E-state index contributed by atoms with van der Waals surface area (Å²) in [5, 5.41) is 2.48. The monoisotopic (exact) mass is 425 g/mol. The molecule has 0 saturated carbocycles. The van der Waals surface area contributed by atoms with Gasteiger partial charge in [-0.25, -0.2) is 26.7 Å². The summed E-state index contributed by atoms with van der Waals surface area (Å²) in [7, 11) is 1.41. The van der Waals surface area contributed by atoms with Gasteiger partial charge in [-0.2, -0.15) is 0 Å². The van der Waals surface area contributed by atoms with Crippen LogP contribution in [0.15, 0.2) is 35.3 Å². The molecule has 1 heterocycles. The first-order valence-corrected chi connectivity index (χ1v) is 8.74. The number of carbonyl (C=O) groups is 1. The number of aromatic amines is 1. The van der Waals surface area contributed by atoms with Crippen molar-refractivity contribution in [3.8, 4) is 0 Å². The molecule has 1 atom stereocenters. The van der Waals surface area contributed by atoms with Crippen LogP contribution in [0, 0.1) is 29.1 Å². The zero-order valence-electron chi connectivity index (χ0n) is 15.8. The van der Waals surface area contributed by atoms with Crippen LogP contribution in [0.2, 0.25) is 0 Å². The molecule has 0 aliphatic rings. The summed E-state index contributed by atoms with van der Waals surface area (Å²) in [5.74, 6) is -6.69. The van der Waals surface area contributed by atoms with Gasteiger partial charge in [-0.1, -0.05) is 0 Å². The molecule has 0 radical (unpaired) electrons. The normalized spacial score (nSPS) is 12.1. The van der Waals surface area contributed by atoms with Crippen molar-refractivity contribution < 1.29 is 26.7 Å². The zero-order valence-corrected chi connectivity index (χ0v) is 15.8. The quantitative estimate of drug-likeness (QED) is 0.488. The molecule has 0 fully saturated rings. The lowest BCUT2D eigenvalue weighted by atomic mass is 10.0. The van der Waals surface area contributed by atoms with E-state index < -0.39 is 46.7 Å². The maximum Gasteiger partial charge on any atom is 0.317 e. The molecule has 10 heteroatoms. The van der Waals surface area contributed by atoms with Gasteiger partial charge in [0.1, 0.15) is 0 Å². The molecular weight excluding hydrogens is 409 g/mol. The third-order valence-electron chi connectivity index (χ3n) is 4.81. The second kappa shape index (κ2) is 8.13. The summed E-state index contributed by atoms with van der Waals surface area (Å²) >= 11 is 0. The molecule has 2 amide bonds. The smallest absolute Gasteiger partial charge is 0.317 e. The van der Waals surface area contributed by atoms with Crippen LogP contribution >= 0.6 is 0 Å². The molecule has 0 spiro atoms. The summed E-state index contributed by atoms with van der Waals surface area (Å²) in [5.41, 5.74) is -0.264. The number of hydrogen-bond donors (Lipinski definition) is 2. The number of nitrogens with zero attached hydrogens (tertiary/aromatic N) is 1. The number of rotatable bonds is 4. The van der Waals surface area contributed by atoms with Gasteiger partial charge in [-0.05, 0) is 47.7 Å². The second-order valence-electron chi connectivity index (χ2n) is 6.70. The van der Waals surface area contributed by atoms with Gasteiger partial charge < -0.3 is 15.2 Å². The van der Waals surface area contributed by atoms with Crippen molar-refractivity contribution in [3.05, 3.63) is 81.0 Å². The summed E-state index contributed by atoms with van der Waals surface area (Å²) < 4.78 is 66.8. The first kappa shape index (κ1) is 21.3. The molecule has 2 aromatic carbocycles. The van der Waals surface area contributed by atoms with E-state index in [1.807, 2.05) is 0 Å². The Bertz CT molecular complexity index is 1170. The zero-order chi connectivity index (χ0) is 22.2. The molecule has 158 valence electrons. The Morgan fingerprint density at radius 3 is 2.17 bits per heavy atom. The first-order valence-electron chi connectivity index (χ1n) is 8.74. The number of hydrogen-bond acceptors (Lipinski definition) is 2. The van der Waals surface area contributed by atoms with Gasteiger partial charge >= 0.3 is 6.03 Å². The highest BCUT2D eigenvalue weighted by molar-refractivity contribution is 5.86. The topological polar surface area (TPSA) is 65.2 Å². The predicted octanol–water partition coefficient (Wildman–Crippen LogP) is 4.13. The van der Waals surface area contributed by atoms with Crippen LogP contribution in [0.5, 0.6) is 0 Å². The van der Waals surface area contributed by atoms with Crippen molar-refractivity contribution in [2.45, 2.75) is 19.5 Å². The SMILES string of the molecule is C[C@H](c1c[nH]c(=O)c2cc(F)c(F)cc12)N(C)C(=O)NCc1cc(F)c(F)c(F)c1. The predicted molar refractivity (Wildman–Crippen MR) is 99.2 cm³/mol. The molecular formula is C20H16F5N3O2. The Morgan fingerprint density at radius 2 is 1.57 bits per heavy atom. The van der Waals surface area contributed by atoms with Crippen LogP contribution in [-0.2, 0) is 6.54 Å². The summed E-state index contributed by atoms with van der Waals surface area (Å²) in [6, 6.07) is 1.81. The fourth-order valence-electron chi connectivity index (χ4n) is 3.01. The maximum absolute atomic E-state index is 13.7. The minimum absolute atomic E-state index is 0.00726. The number of urea groups is 1. The first-order chi connectivity index (χ1) is 14.1. The number of pyridine rings is 1. The fourth-order valence-corrected chi connectivity index (χ4v) is 3.01. The molecule has 0 unspecified atom stereocenters. The van der Waals surface area contributed by atoms with Crippen LogP contribution < -0.4 is 10.9 Å². The van der Waals surface area contributed by atoms with E-state index in [0.717, 1.165) is 24.3 Å². The molecule has 0 saturated heterocycles. The molecule has 1 aromatic heterocycles. The average molecular weight is 425 g/mol. The minimum Gasteiger partial charge on any atom is -0.334 e.